The first-order chi connectivity index (χ1) is 11.3. The highest BCUT2D eigenvalue weighted by molar-refractivity contribution is 5.75. The minimum Gasteiger partial charge on any atom is -0.393 e. The molecule has 122 valence electrons. The molecule has 6 heteroatoms. The summed E-state index contributed by atoms with van der Waals surface area (Å²) in [4.78, 5) is 8.52. The van der Waals surface area contributed by atoms with Gasteiger partial charge in [-0.15, -0.1) is 0 Å². The standard InChI is InChI=1S/C17H24N6/c18-15-16(21-13-8-4-1-2-5-9-13)19-12-20-17(15)23-22-14-10-6-3-7-11-14/h3,6-7,10-13,22H,1-2,4-5,8-9,18H2,(H2,19,20,21,23). The number of aromatic nitrogens is 2. The third-order valence-corrected chi connectivity index (χ3v) is 4.18. The van der Waals surface area contributed by atoms with Gasteiger partial charge in [-0.2, -0.15) is 0 Å². The molecule has 1 aliphatic rings. The van der Waals surface area contributed by atoms with Gasteiger partial charge in [0.15, 0.2) is 11.6 Å². The molecule has 0 unspecified atom stereocenters. The molecule has 1 heterocycles. The third-order valence-electron chi connectivity index (χ3n) is 4.18. The van der Waals surface area contributed by atoms with Crippen LogP contribution in [0.4, 0.5) is 23.0 Å². The van der Waals surface area contributed by atoms with Crippen LogP contribution in [0.5, 0.6) is 0 Å². The van der Waals surface area contributed by atoms with Crippen molar-refractivity contribution in [3.8, 4) is 0 Å². The number of nitrogens with zero attached hydrogens (tertiary/aromatic N) is 2. The van der Waals surface area contributed by atoms with E-state index in [1.54, 1.807) is 0 Å². The monoisotopic (exact) mass is 312 g/mol. The van der Waals surface area contributed by atoms with Gasteiger partial charge in [0.25, 0.3) is 0 Å². The van der Waals surface area contributed by atoms with E-state index in [1.807, 2.05) is 30.3 Å². The van der Waals surface area contributed by atoms with E-state index < -0.39 is 0 Å². The summed E-state index contributed by atoms with van der Waals surface area (Å²) < 4.78 is 0. The molecule has 0 amide bonds. The molecule has 2 aromatic rings. The van der Waals surface area contributed by atoms with Gasteiger partial charge in [0.2, 0.25) is 0 Å². The van der Waals surface area contributed by atoms with Crippen LogP contribution < -0.4 is 21.9 Å². The lowest BCUT2D eigenvalue weighted by Crippen LogP contribution is -2.21. The van der Waals surface area contributed by atoms with Crippen molar-refractivity contribution >= 4 is 23.0 Å². The topological polar surface area (TPSA) is 87.9 Å². The molecule has 0 radical (unpaired) electrons. The molecule has 0 atom stereocenters. The number of nitrogens with one attached hydrogen (secondary N) is 3. The number of rotatable bonds is 5. The van der Waals surface area contributed by atoms with E-state index in [2.05, 4.69) is 26.1 Å². The summed E-state index contributed by atoms with van der Waals surface area (Å²) in [5.74, 6) is 1.30. The molecule has 1 aromatic heterocycles. The first kappa shape index (κ1) is 15.4. The summed E-state index contributed by atoms with van der Waals surface area (Å²) in [6.07, 6.45) is 9.07. The molecule has 1 fully saturated rings. The Labute approximate surface area is 136 Å². The first-order valence-electron chi connectivity index (χ1n) is 8.27. The second kappa shape index (κ2) is 7.67. The molecule has 6 nitrogen and oxygen atoms in total. The van der Waals surface area contributed by atoms with Gasteiger partial charge >= 0.3 is 0 Å². The van der Waals surface area contributed by atoms with Gasteiger partial charge in [-0.05, 0) is 25.0 Å². The molecule has 5 N–H and O–H groups in total. The summed E-state index contributed by atoms with van der Waals surface area (Å²) in [5.41, 5.74) is 13.9. The smallest absolute Gasteiger partial charge is 0.173 e. The van der Waals surface area contributed by atoms with Crippen molar-refractivity contribution in [3.63, 3.8) is 0 Å². The number of hydrazine groups is 1. The van der Waals surface area contributed by atoms with E-state index in [0.717, 1.165) is 5.69 Å². The van der Waals surface area contributed by atoms with Crippen LogP contribution in [0, 0.1) is 0 Å². The van der Waals surface area contributed by atoms with E-state index in [4.69, 9.17) is 5.73 Å². The van der Waals surface area contributed by atoms with Crippen LogP contribution in [-0.4, -0.2) is 16.0 Å². The number of anilines is 4. The maximum absolute atomic E-state index is 6.21. The molecule has 0 saturated heterocycles. The molecule has 3 rings (SSSR count). The highest BCUT2D eigenvalue weighted by Gasteiger charge is 2.15. The Kier molecular flexibility index (Phi) is 5.13. The second-order valence-electron chi connectivity index (χ2n) is 5.93. The molecular formula is C17H24N6. The van der Waals surface area contributed by atoms with Crippen LogP contribution in [0.25, 0.3) is 0 Å². The Bertz CT molecular complexity index is 608. The minimum absolute atomic E-state index is 0.449. The Hall–Kier alpha value is -2.50. The SMILES string of the molecule is Nc1c(NNc2ccccc2)ncnc1NC1CCCCCC1. The summed E-state index contributed by atoms with van der Waals surface area (Å²) >= 11 is 0. The zero-order valence-electron chi connectivity index (χ0n) is 13.3. The van der Waals surface area contributed by atoms with Crippen LogP contribution in [0.3, 0.4) is 0 Å². The fourth-order valence-corrected chi connectivity index (χ4v) is 2.88. The largest absolute Gasteiger partial charge is 0.393 e. The highest BCUT2D eigenvalue weighted by Crippen LogP contribution is 2.26. The lowest BCUT2D eigenvalue weighted by Gasteiger charge is -2.19. The number of hydrogen-bond donors (Lipinski definition) is 4. The van der Waals surface area contributed by atoms with Gasteiger partial charge in [-0.3, -0.25) is 10.9 Å². The number of para-hydroxylation sites is 1. The number of benzene rings is 1. The van der Waals surface area contributed by atoms with Crippen molar-refractivity contribution in [2.24, 2.45) is 0 Å². The Morgan fingerprint density at radius 1 is 0.870 bits per heavy atom. The molecule has 0 spiro atoms. The van der Waals surface area contributed by atoms with E-state index in [0.29, 0.717) is 23.4 Å². The maximum Gasteiger partial charge on any atom is 0.173 e. The van der Waals surface area contributed by atoms with Crippen molar-refractivity contribution in [3.05, 3.63) is 36.7 Å². The fourth-order valence-electron chi connectivity index (χ4n) is 2.88. The Morgan fingerprint density at radius 2 is 1.57 bits per heavy atom. The van der Waals surface area contributed by atoms with Gasteiger partial charge in [0, 0.05) is 6.04 Å². The van der Waals surface area contributed by atoms with Crippen LogP contribution >= 0.6 is 0 Å². The normalized spacial score (nSPS) is 15.7. The van der Waals surface area contributed by atoms with E-state index in [-0.39, 0.29) is 0 Å². The van der Waals surface area contributed by atoms with Crippen molar-refractivity contribution in [1.82, 2.24) is 9.97 Å². The van der Waals surface area contributed by atoms with Crippen molar-refractivity contribution in [1.29, 1.82) is 0 Å². The van der Waals surface area contributed by atoms with Crippen molar-refractivity contribution in [2.75, 3.05) is 21.9 Å². The molecule has 1 aromatic carbocycles. The number of hydrogen-bond acceptors (Lipinski definition) is 6. The Morgan fingerprint density at radius 3 is 2.30 bits per heavy atom. The predicted octanol–water partition coefficient (Wildman–Crippen LogP) is 3.63. The number of nitrogen functional groups attached to an aromatic ring is 1. The summed E-state index contributed by atoms with van der Waals surface area (Å²) in [6, 6.07) is 10.3. The lowest BCUT2D eigenvalue weighted by molar-refractivity contribution is 0.618. The van der Waals surface area contributed by atoms with E-state index >= 15 is 0 Å². The van der Waals surface area contributed by atoms with Gasteiger partial charge in [0.05, 0.1) is 5.69 Å². The van der Waals surface area contributed by atoms with Gasteiger partial charge < -0.3 is 11.1 Å². The first-order valence-corrected chi connectivity index (χ1v) is 8.27. The van der Waals surface area contributed by atoms with Crippen LogP contribution in [-0.2, 0) is 0 Å². The molecule has 0 bridgehead atoms. The van der Waals surface area contributed by atoms with Crippen LogP contribution in [0.2, 0.25) is 0 Å². The Balaban J connectivity index is 1.65. The van der Waals surface area contributed by atoms with E-state index in [9.17, 15) is 0 Å². The van der Waals surface area contributed by atoms with E-state index in [1.165, 1.54) is 44.9 Å². The van der Waals surface area contributed by atoms with Crippen molar-refractivity contribution in [2.45, 2.75) is 44.6 Å². The molecule has 0 aliphatic heterocycles. The highest BCUT2D eigenvalue weighted by atomic mass is 15.4. The lowest BCUT2D eigenvalue weighted by atomic mass is 10.1. The average Bonchev–Trinajstić information content (AvgIpc) is 2.85. The van der Waals surface area contributed by atoms with Gasteiger partial charge in [-0.1, -0.05) is 43.9 Å². The van der Waals surface area contributed by atoms with Gasteiger partial charge in [-0.25, -0.2) is 9.97 Å². The third kappa shape index (κ3) is 4.25. The van der Waals surface area contributed by atoms with Crippen LogP contribution in [0.1, 0.15) is 38.5 Å². The zero-order chi connectivity index (χ0) is 15.9. The fraction of sp³-hybridized carbons (Fsp3) is 0.412. The summed E-state index contributed by atoms with van der Waals surface area (Å²) in [5, 5.41) is 3.48. The molecule has 23 heavy (non-hydrogen) atoms. The maximum atomic E-state index is 6.21. The van der Waals surface area contributed by atoms with Gasteiger partial charge in [0.1, 0.15) is 12.0 Å². The summed E-state index contributed by atoms with van der Waals surface area (Å²) in [6.45, 7) is 0. The zero-order valence-corrected chi connectivity index (χ0v) is 13.3. The van der Waals surface area contributed by atoms with Crippen LogP contribution in [0.15, 0.2) is 36.7 Å². The second-order valence-corrected chi connectivity index (χ2v) is 5.93. The molecular weight excluding hydrogens is 288 g/mol. The molecule has 1 saturated carbocycles. The minimum atomic E-state index is 0.449. The van der Waals surface area contributed by atoms with Crippen molar-refractivity contribution < 1.29 is 0 Å². The number of nitrogens with two attached hydrogens (primary N) is 1. The average molecular weight is 312 g/mol. The predicted molar refractivity (Wildman–Crippen MR) is 95.2 cm³/mol. The summed E-state index contributed by atoms with van der Waals surface area (Å²) in [7, 11) is 0. The molecule has 1 aliphatic carbocycles. The quantitative estimate of drug-likeness (QED) is 0.498.